The summed E-state index contributed by atoms with van der Waals surface area (Å²) in [6, 6.07) is 13.8. The van der Waals surface area contributed by atoms with E-state index in [9.17, 15) is 0 Å². The van der Waals surface area contributed by atoms with Crippen LogP contribution in [-0.2, 0) is 17.8 Å². The van der Waals surface area contributed by atoms with Gasteiger partial charge in [0.1, 0.15) is 12.4 Å². The zero-order valence-electron chi connectivity index (χ0n) is 10.5. The Morgan fingerprint density at radius 2 is 1.95 bits per heavy atom. The van der Waals surface area contributed by atoms with Crippen molar-refractivity contribution in [3.8, 4) is 11.8 Å². The minimum Gasteiger partial charge on any atom is -0.491 e. The Hall–Kier alpha value is -1.83. The monoisotopic (exact) mass is 273 g/mol. The molecule has 0 saturated heterocycles. The van der Waals surface area contributed by atoms with Crippen molar-refractivity contribution >= 4 is 11.3 Å². The zero-order valence-corrected chi connectivity index (χ0v) is 11.4. The molecule has 2 rings (SSSR count). The van der Waals surface area contributed by atoms with Crippen LogP contribution in [0.5, 0.6) is 5.75 Å². The van der Waals surface area contributed by atoms with Crippen LogP contribution >= 0.6 is 11.3 Å². The number of benzene rings is 1. The van der Waals surface area contributed by atoms with Crippen molar-refractivity contribution in [1.29, 1.82) is 5.26 Å². The number of ether oxygens (including phenoxy) is 2. The molecule has 2 aromatic rings. The Morgan fingerprint density at radius 1 is 1.11 bits per heavy atom. The van der Waals surface area contributed by atoms with Crippen molar-refractivity contribution < 1.29 is 9.47 Å². The Kier molecular flexibility index (Phi) is 5.42. The third-order valence-electron chi connectivity index (χ3n) is 2.53. The molecule has 0 fully saturated rings. The lowest BCUT2D eigenvalue weighted by Crippen LogP contribution is -2.06. The minimum absolute atomic E-state index is 0.435. The van der Waals surface area contributed by atoms with E-state index in [0.29, 0.717) is 26.2 Å². The molecule has 98 valence electrons. The topological polar surface area (TPSA) is 42.2 Å². The van der Waals surface area contributed by atoms with Crippen LogP contribution in [0.1, 0.15) is 10.4 Å². The summed E-state index contributed by atoms with van der Waals surface area (Å²) in [4.78, 5) is 1.22. The van der Waals surface area contributed by atoms with Gasteiger partial charge in [0.25, 0.3) is 0 Å². The first-order valence-electron chi connectivity index (χ1n) is 6.07. The molecule has 0 bridgehead atoms. The molecule has 0 radical (unpaired) electrons. The second kappa shape index (κ2) is 7.57. The Morgan fingerprint density at radius 3 is 2.63 bits per heavy atom. The van der Waals surface area contributed by atoms with Gasteiger partial charge < -0.3 is 9.47 Å². The number of hydrogen-bond donors (Lipinski definition) is 0. The second-order valence-electron chi connectivity index (χ2n) is 3.96. The average molecular weight is 273 g/mol. The lowest BCUT2D eigenvalue weighted by Gasteiger charge is -2.07. The Labute approximate surface area is 117 Å². The van der Waals surface area contributed by atoms with Gasteiger partial charge in [-0.3, -0.25) is 0 Å². The highest BCUT2D eigenvalue weighted by Gasteiger charge is 1.97. The third kappa shape index (κ3) is 4.74. The largest absolute Gasteiger partial charge is 0.491 e. The highest BCUT2D eigenvalue weighted by Crippen LogP contribution is 2.13. The van der Waals surface area contributed by atoms with Gasteiger partial charge in [0.2, 0.25) is 0 Å². The standard InChI is InChI=1S/C15H15NO2S/c16-8-7-13-3-5-14(6-4-13)18-10-9-17-12-15-2-1-11-19-15/h1-6,11H,7,9-10,12H2. The SMILES string of the molecule is N#CCc1ccc(OCCOCc2cccs2)cc1. The lowest BCUT2D eigenvalue weighted by atomic mass is 10.2. The normalized spacial score (nSPS) is 10.1. The summed E-state index contributed by atoms with van der Waals surface area (Å²) in [5.74, 6) is 0.807. The molecule has 1 heterocycles. The van der Waals surface area contributed by atoms with Crippen molar-refractivity contribution in [3.05, 3.63) is 52.2 Å². The van der Waals surface area contributed by atoms with E-state index in [-0.39, 0.29) is 0 Å². The minimum atomic E-state index is 0.435. The van der Waals surface area contributed by atoms with E-state index in [4.69, 9.17) is 14.7 Å². The first kappa shape index (κ1) is 13.6. The first-order chi connectivity index (χ1) is 9.38. The fraction of sp³-hybridized carbons (Fsp3) is 0.267. The Balaban J connectivity index is 1.64. The highest BCUT2D eigenvalue weighted by atomic mass is 32.1. The van der Waals surface area contributed by atoms with Gasteiger partial charge in [-0.05, 0) is 29.1 Å². The van der Waals surface area contributed by atoms with E-state index in [1.165, 1.54) is 4.88 Å². The van der Waals surface area contributed by atoms with Gasteiger partial charge >= 0.3 is 0 Å². The van der Waals surface area contributed by atoms with Gasteiger partial charge in [-0.1, -0.05) is 18.2 Å². The molecule has 0 N–H and O–H groups in total. The first-order valence-corrected chi connectivity index (χ1v) is 6.95. The summed E-state index contributed by atoms with van der Waals surface area (Å²) in [5.41, 5.74) is 1.00. The molecule has 0 aliphatic carbocycles. The highest BCUT2D eigenvalue weighted by molar-refractivity contribution is 7.09. The fourth-order valence-corrected chi connectivity index (χ4v) is 2.22. The fourth-order valence-electron chi connectivity index (χ4n) is 1.58. The number of hydrogen-bond acceptors (Lipinski definition) is 4. The van der Waals surface area contributed by atoms with E-state index in [1.807, 2.05) is 35.7 Å². The average Bonchev–Trinajstić information content (AvgIpc) is 2.94. The van der Waals surface area contributed by atoms with Crippen molar-refractivity contribution in [2.45, 2.75) is 13.0 Å². The molecule has 0 spiro atoms. The number of thiophene rings is 1. The molecular weight excluding hydrogens is 258 g/mol. The van der Waals surface area contributed by atoms with Gasteiger partial charge in [-0.25, -0.2) is 0 Å². The van der Waals surface area contributed by atoms with E-state index >= 15 is 0 Å². The molecule has 19 heavy (non-hydrogen) atoms. The predicted octanol–water partition coefficient (Wildman–Crippen LogP) is 3.41. The van der Waals surface area contributed by atoms with Crippen molar-refractivity contribution in [2.24, 2.45) is 0 Å². The quantitative estimate of drug-likeness (QED) is 0.726. The van der Waals surface area contributed by atoms with Gasteiger partial charge in [-0.2, -0.15) is 5.26 Å². The maximum absolute atomic E-state index is 8.57. The molecule has 0 saturated carbocycles. The van der Waals surface area contributed by atoms with Gasteiger partial charge in [0.15, 0.2) is 0 Å². The van der Waals surface area contributed by atoms with Crippen LogP contribution in [-0.4, -0.2) is 13.2 Å². The molecule has 0 amide bonds. The van der Waals surface area contributed by atoms with Crippen LogP contribution in [0.15, 0.2) is 41.8 Å². The molecule has 0 atom stereocenters. The molecule has 1 aromatic heterocycles. The second-order valence-corrected chi connectivity index (χ2v) is 4.99. The van der Waals surface area contributed by atoms with Crippen molar-refractivity contribution in [2.75, 3.05) is 13.2 Å². The number of nitrogens with zero attached hydrogens (tertiary/aromatic N) is 1. The maximum Gasteiger partial charge on any atom is 0.119 e. The molecule has 0 aliphatic rings. The third-order valence-corrected chi connectivity index (χ3v) is 3.38. The van der Waals surface area contributed by atoms with Crippen LogP contribution in [0.4, 0.5) is 0 Å². The molecule has 4 heteroatoms. The van der Waals surface area contributed by atoms with Crippen molar-refractivity contribution in [1.82, 2.24) is 0 Å². The van der Waals surface area contributed by atoms with E-state index in [2.05, 4.69) is 12.1 Å². The molecule has 3 nitrogen and oxygen atoms in total. The number of rotatable bonds is 7. The van der Waals surface area contributed by atoms with Crippen molar-refractivity contribution in [3.63, 3.8) is 0 Å². The van der Waals surface area contributed by atoms with E-state index in [1.54, 1.807) is 11.3 Å². The van der Waals surface area contributed by atoms with Crippen LogP contribution in [0, 0.1) is 11.3 Å². The Bertz CT molecular complexity index is 514. The molecule has 0 aliphatic heterocycles. The molecule has 1 aromatic carbocycles. The van der Waals surface area contributed by atoms with E-state index < -0.39 is 0 Å². The van der Waals surface area contributed by atoms with E-state index in [0.717, 1.165) is 11.3 Å². The van der Waals surface area contributed by atoms with Crippen LogP contribution in [0.3, 0.4) is 0 Å². The molecular formula is C15H15NO2S. The van der Waals surface area contributed by atoms with Crippen LogP contribution in [0.2, 0.25) is 0 Å². The van der Waals surface area contributed by atoms with Gasteiger partial charge in [0.05, 0.1) is 25.7 Å². The van der Waals surface area contributed by atoms with Gasteiger partial charge in [0, 0.05) is 4.88 Å². The smallest absolute Gasteiger partial charge is 0.119 e. The summed E-state index contributed by atoms with van der Waals surface area (Å²) in [5, 5.41) is 10.6. The predicted molar refractivity (Wildman–Crippen MR) is 75.2 cm³/mol. The molecule has 0 unspecified atom stereocenters. The van der Waals surface area contributed by atoms with Gasteiger partial charge in [-0.15, -0.1) is 11.3 Å². The summed E-state index contributed by atoms with van der Waals surface area (Å²) < 4.78 is 11.1. The summed E-state index contributed by atoms with van der Waals surface area (Å²) in [7, 11) is 0. The summed E-state index contributed by atoms with van der Waals surface area (Å²) in [6.07, 6.45) is 0.435. The summed E-state index contributed by atoms with van der Waals surface area (Å²) in [6.45, 7) is 1.74. The summed E-state index contributed by atoms with van der Waals surface area (Å²) >= 11 is 1.69. The van der Waals surface area contributed by atoms with Crippen LogP contribution in [0.25, 0.3) is 0 Å². The number of nitriles is 1. The maximum atomic E-state index is 8.57. The lowest BCUT2D eigenvalue weighted by molar-refractivity contribution is 0.0905. The zero-order chi connectivity index (χ0) is 13.3. The van der Waals surface area contributed by atoms with Crippen LogP contribution < -0.4 is 4.74 Å².